The number of hydrogen-bond acceptors (Lipinski definition) is 4. The molecule has 6 nitrogen and oxygen atoms in total. The second-order valence-corrected chi connectivity index (χ2v) is 7.10. The van der Waals surface area contributed by atoms with Gasteiger partial charge in [-0.05, 0) is 56.5 Å². The van der Waals surface area contributed by atoms with Gasteiger partial charge in [0.2, 0.25) is 0 Å². The molecule has 0 aliphatic carbocycles. The Labute approximate surface area is 172 Å². The van der Waals surface area contributed by atoms with Gasteiger partial charge in [-0.15, -0.1) is 0 Å². The van der Waals surface area contributed by atoms with Crippen molar-refractivity contribution in [3.05, 3.63) is 60.2 Å². The molecule has 0 saturated carbocycles. The zero-order valence-electron chi connectivity index (χ0n) is 16.9. The fourth-order valence-electron chi connectivity index (χ4n) is 3.43. The molecule has 3 rings (SSSR count). The number of anilines is 2. The van der Waals surface area contributed by atoms with Gasteiger partial charge in [-0.25, -0.2) is 0 Å². The number of para-hydroxylation sites is 1. The van der Waals surface area contributed by atoms with Gasteiger partial charge >= 0.3 is 0 Å². The van der Waals surface area contributed by atoms with E-state index in [1.165, 1.54) is 5.69 Å². The average molecular weight is 396 g/mol. The van der Waals surface area contributed by atoms with Gasteiger partial charge < -0.3 is 20.3 Å². The van der Waals surface area contributed by atoms with Gasteiger partial charge in [-0.2, -0.15) is 0 Å². The maximum atomic E-state index is 12.5. The highest BCUT2D eigenvalue weighted by atomic mass is 16.5. The number of amides is 2. The van der Waals surface area contributed by atoms with Crippen molar-refractivity contribution in [3.63, 3.8) is 0 Å². The molecule has 2 N–H and O–H groups in total. The summed E-state index contributed by atoms with van der Waals surface area (Å²) in [5, 5.41) is 5.80. The monoisotopic (exact) mass is 395 g/mol. The maximum Gasteiger partial charge on any atom is 0.253 e. The van der Waals surface area contributed by atoms with E-state index in [1.807, 2.05) is 18.2 Å². The van der Waals surface area contributed by atoms with E-state index in [2.05, 4.69) is 34.6 Å². The number of nitrogens with one attached hydrogen (secondary N) is 2. The maximum absolute atomic E-state index is 12.5. The highest BCUT2D eigenvalue weighted by Crippen LogP contribution is 2.16. The Morgan fingerprint density at radius 1 is 1.14 bits per heavy atom. The van der Waals surface area contributed by atoms with Gasteiger partial charge in [-0.3, -0.25) is 9.59 Å². The molecule has 1 heterocycles. The van der Waals surface area contributed by atoms with Crippen molar-refractivity contribution in [1.29, 1.82) is 0 Å². The lowest BCUT2D eigenvalue weighted by Crippen LogP contribution is -2.30. The lowest BCUT2D eigenvalue weighted by molar-refractivity contribution is -0.124. The standard InChI is InChI=1S/C23H29N3O3/c1-2-26(20-11-4-3-5-12-20)15-8-14-24-22(27)18-9-6-10-19(17-18)25-23(28)21-13-7-16-29-21/h3-6,9-12,17,21H,2,7-8,13-16H2,1H3,(H,24,27)(H,25,28). The summed E-state index contributed by atoms with van der Waals surface area (Å²) in [5.74, 6) is -0.290. The summed E-state index contributed by atoms with van der Waals surface area (Å²) in [6.07, 6.45) is 2.10. The summed E-state index contributed by atoms with van der Waals surface area (Å²) < 4.78 is 5.40. The lowest BCUT2D eigenvalue weighted by Gasteiger charge is -2.23. The Kier molecular flexibility index (Phi) is 7.64. The molecule has 1 unspecified atom stereocenters. The largest absolute Gasteiger partial charge is 0.372 e. The third kappa shape index (κ3) is 6.06. The van der Waals surface area contributed by atoms with Crippen LogP contribution in [0, 0.1) is 0 Å². The van der Waals surface area contributed by atoms with E-state index < -0.39 is 6.10 Å². The van der Waals surface area contributed by atoms with E-state index in [0.29, 0.717) is 24.4 Å². The van der Waals surface area contributed by atoms with E-state index in [0.717, 1.165) is 32.4 Å². The average Bonchev–Trinajstić information content (AvgIpc) is 3.30. The van der Waals surface area contributed by atoms with Crippen molar-refractivity contribution in [2.24, 2.45) is 0 Å². The topological polar surface area (TPSA) is 70.7 Å². The molecule has 1 aliphatic rings. The first-order chi connectivity index (χ1) is 14.2. The smallest absolute Gasteiger partial charge is 0.253 e. The molecule has 1 aliphatic heterocycles. The molecule has 29 heavy (non-hydrogen) atoms. The Morgan fingerprint density at radius 2 is 1.97 bits per heavy atom. The van der Waals surface area contributed by atoms with Crippen molar-refractivity contribution in [1.82, 2.24) is 5.32 Å². The van der Waals surface area contributed by atoms with Crippen molar-refractivity contribution in [2.75, 3.05) is 36.5 Å². The predicted octanol–water partition coefficient (Wildman–Crippen LogP) is 3.45. The van der Waals surface area contributed by atoms with Gasteiger partial charge in [0.25, 0.3) is 11.8 Å². The van der Waals surface area contributed by atoms with Crippen molar-refractivity contribution >= 4 is 23.2 Å². The molecule has 154 valence electrons. The van der Waals surface area contributed by atoms with Gasteiger partial charge in [0, 0.05) is 43.2 Å². The summed E-state index contributed by atoms with van der Waals surface area (Å²) in [6, 6.07) is 17.3. The van der Waals surface area contributed by atoms with Crippen LogP contribution in [0.1, 0.15) is 36.5 Å². The van der Waals surface area contributed by atoms with Crippen LogP contribution in [-0.2, 0) is 9.53 Å². The normalized spacial score (nSPS) is 15.7. The van der Waals surface area contributed by atoms with E-state index in [4.69, 9.17) is 4.74 Å². The van der Waals surface area contributed by atoms with Crippen LogP contribution < -0.4 is 15.5 Å². The fraction of sp³-hybridized carbons (Fsp3) is 0.391. The van der Waals surface area contributed by atoms with Crippen LogP contribution >= 0.6 is 0 Å². The molecule has 2 amide bonds. The first kappa shape index (κ1) is 20.9. The van der Waals surface area contributed by atoms with Gasteiger partial charge in [0.05, 0.1) is 0 Å². The lowest BCUT2D eigenvalue weighted by atomic mass is 10.1. The number of ether oxygens (including phenoxy) is 1. The minimum absolute atomic E-state index is 0.138. The number of carbonyl (C=O) groups is 2. The fourth-order valence-corrected chi connectivity index (χ4v) is 3.43. The molecule has 6 heteroatoms. The minimum atomic E-state index is -0.390. The molecule has 0 radical (unpaired) electrons. The highest BCUT2D eigenvalue weighted by Gasteiger charge is 2.23. The second-order valence-electron chi connectivity index (χ2n) is 7.10. The van der Waals surface area contributed by atoms with Gasteiger partial charge in [0.1, 0.15) is 6.10 Å². The van der Waals surface area contributed by atoms with Crippen LogP contribution in [0.3, 0.4) is 0 Å². The first-order valence-electron chi connectivity index (χ1n) is 10.3. The molecule has 2 aromatic carbocycles. The van der Waals surface area contributed by atoms with Gasteiger partial charge in [0.15, 0.2) is 0 Å². The zero-order chi connectivity index (χ0) is 20.5. The Bertz CT molecular complexity index is 804. The van der Waals surface area contributed by atoms with Crippen LogP contribution in [0.15, 0.2) is 54.6 Å². The Morgan fingerprint density at radius 3 is 2.69 bits per heavy atom. The molecule has 1 fully saturated rings. The molecular formula is C23H29N3O3. The highest BCUT2D eigenvalue weighted by molar-refractivity contribution is 5.98. The summed E-state index contributed by atoms with van der Waals surface area (Å²) in [6.45, 7) is 5.14. The van der Waals surface area contributed by atoms with Crippen LogP contribution in [-0.4, -0.2) is 44.2 Å². The number of nitrogens with zero attached hydrogens (tertiary/aromatic N) is 1. The third-order valence-corrected chi connectivity index (χ3v) is 5.01. The van der Waals surface area contributed by atoms with Crippen molar-refractivity contribution in [3.8, 4) is 0 Å². The summed E-state index contributed by atoms with van der Waals surface area (Å²) >= 11 is 0. The summed E-state index contributed by atoms with van der Waals surface area (Å²) in [7, 11) is 0. The molecule has 0 spiro atoms. The van der Waals surface area contributed by atoms with Crippen molar-refractivity contribution < 1.29 is 14.3 Å². The predicted molar refractivity (Wildman–Crippen MR) is 115 cm³/mol. The summed E-state index contributed by atoms with van der Waals surface area (Å²) in [4.78, 5) is 26.9. The zero-order valence-corrected chi connectivity index (χ0v) is 16.9. The quantitative estimate of drug-likeness (QED) is 0.638. The van der Waals surface area contributed by atoms with Crippen LogP contribution in [0.2, 0.25) is 0 Å². The molecule has 0 aromatic heterocycles. The Hall–Kier alpha value is -2.86. The van der Waals surface area contributed by atoms with E-state index in [1.54, 1.807) is 24.3 Å². The van der Waals surface area contributed by atoms with Crippen LogP contribution in [0.5, 0.6) is 0 Å². The van der Waals surface area contributed by atoms with Crippen LogP contribution in [0.25, 0.3) is 0 Å². The van der Waals surface area contributed by atoms with Crippen LogP contribution in [0.4, 0.5) is 11.4 Å². The number of benzene rings is 2. The molecule has 1 saturated heterocycles. The van der Waals surface area contributed by atoms with E-state index >= 15 is 0 Å². The minimum Gasteiger partial charge on any atom is -0.372 e. The first-order valence-corrected chi connectivity index (χ1v) is 10.3. The van der Waals surface area contributed by atoms with E-state index in [9.17, 15) is 9.59 Å². The summed E-state index contributed by atoms with van der Waals surface area (Å²) in [5.41, 5.74) is 2.33. The van der Waals surface area contributed by atoms with Crippen molar-refractivity contribution in [2.45, 2.75) is 32.3 Å². The Balaban J connectivity index is 1.46. The SMILES string of the molecule is CCN(CCCNC(=O)c1cccc(NC(=O)C2CCCO2)c1)c1ccccc1. The number of carbonyl (C=O) groups excluding carboxylic acids is 2. The molecular weight excluding hydrogens is 366 g/mol. The van der Waals surface area contributed by atoms with Gasteiger partial charge in [-0.1, -0.05) is 24.3 Å². The number of rotatable bonds is 9. The second kappa shape index (κ2) is 10.6. The molecule has 2 aromatic rings. The molecule has 0 bridgehead atoms. The molecule has 1 atom stereocenters. The van der Waals surface area contributed by atoms with E-state index in [-0.39, 0.29) is 11.8 Å². The third-order valence-electron chi connectivity index (χ3n) is 5.01. The number of hydrogen-bond donors (Lipinski definition) is 2.